The van der Waals surface area contributed by atoms with Crippen LogP contribution >= 0.6 is 0 Å². The van der Waals surface area contributed by atoms with Gasteiger partial charge in [0, 0.05) is 36.3 Å². The van der Waals surface area contributed by atoms with Crippen LogP contribution in [0.1, 0.15) is 83.1 Å². The van der Waals surface area contributed by atoms with Gasteiger partial charge in [-0.05, 0) is 83.1 Å². The molecule has 0 unspecified atom stereocenters. The monoisotopic (exact) mass is 338 g/mol. The van der Waals surface area contributed by atoms with Gasteiger partial charge in [-0.15, -0.1) is 0 Å². The second-order valence-corrected chi connectivity index (χ2v) is 8.28. The maximum atomic E-state index is 5.03. The molecule has 0 aromatic rings. The third-order valence-electron chi connectivity index (χ3n) is 3.68. The van der Waals surface area contributed by atoms with E-state index in [1.165, 1.54) is 0 Å². The summed E-state index contributed by atoms with van der Waals surface area (Å²) in [5.41, 5.74) is 0. The van der Waals surface area contributed by atoms with Gasteiger partial charge in [0.15, 0.2) is 11.7 Å². The largest absolute Gasteiger partial charge is 0.349 e. The van der Waals surface area contributed by atoms with Gasteiger partial charge in [-0.3, -0.25) is 9.98 Å². The van der Waals surface area contributed by atoms with E-state index in [1.54, 1.807) is 0 Å². The van der Waals surface area contributed by atoms with Gasteiger partial charge in [0.1, 0.15) is 0 Å². The van der Waals surface area contributed by atoms with Crippen LogP contribution in [0.15, 0.2) is 9.98 Å². The molecule has 0 aromatic carbocycles. The predicted octanol–water partition coefficient (Wildman–Crippen LogP) is 4.84. The second-order valence-electron chi connectivity index (χ2n) is 8.28. The van der Waals surface area contributed by atoms with Crippen LogP contribution in [0.5, 0.6) is 0 Å². The van der Waals surface area contributed by atoms with Crippen LogP contribution in [0.2, 0.25) is 0 Å². The molecule has 0 radical (unpaired) electrons. The Morgan fingerprint density at radius 2 is 0.667 bits per heavy atom. The minimum absolute atomic E-state index is 0.235. The van der Waals surface area contributed by atoms with E-state index >= 15 is 0 Å². The highest BCUT2D eigenvalue weighted by molar-refractivity contribution is 6.40. The van der Waals surface area contributed by atoms with Crippen molar-refractivity contribution in [2.24, 2.45) is 9.98 Å². The average molecular weight is 339 g/mol. The average Bonchev–Trinajstić information content (AvgIpc) is 2.33. The highest BCUT2D eigenvalue weighted by Crippen LogP contribution is 2.16. The van der Waals surface area contributed by atoms with Crippen LogP contribution in [0.3, 0.4) is 0 Å². The Labute approximate surface area is 151 Å². The fourth-order valence-electron chi connectivity index (χ4n) is 3.14. The van der Waals surface area contributed by atoms with Crippen molar-refractivity contribution in [2.45, 2.75) is 119 Å². The minimum atomic E-state index is 0.235. The third kappa shape index (κ3) is 6.82. The summed E-state index contributed by atoms with van der Waals surface area (Å²) in [6, 6.07) is 1.97. The number of aliphatic imine (C=N–C) groups is 2. The van der Waals surface area contributed by atoms with Crippen LogP contribution in [0, 0.1) is 0 Å². The summed E-state index contributed by atoms with van der Waals surface area (Å²) in [4.78, 5) is 14.9. The van der Waals surface area contributed by atoms with Crippen molar-refractivity contribution in [1.29, 1.82) is 0 Å². The SMILES string of the molecule is CC(C)N=C(C(=NC(C)C)N(C(C)C)C(C)C)N(C(C)C)C(C)C. The van der Waals surface area contributed by atoms with Gasteiger partial charge in [-0.1, -0.05) is 0 Å². The van der Waals surface area contributed by atoms with Crippen molar-refractivity contribution >= 4 is 11.7 Å². The third-order valence-corrected chi connectivity index (χ3v) is 3.68. The standard InChI is InChI=1S/C20H42N4/c1-13(2)21-19(23(15(5)6)16(7)8)20(22-14(3)4)24(17(9)10)18(11)12/h13-18H,1-12H3. The van der Waals surface area contributed by atoms with Crippen molar-refractivity contribution < 1.29 is 0 Å². The molecule has 0 rings (SSSR count). The molecule has 0 saturated carbocycles. The second kappa shape index (κ2) is 10.0. The minimum Gasteiger partial charge on any atom is -0.349 e. The van der Waals surface area contributed by atoms with E-state index in [1.807, 2.05) is 0 Å². The van der Waals surface area contributed by atoms with Crippen molar-refractivity contribution in [1.82, 2.24) is 9.80 Å². The number of hydrogen-bond donors (Lipinski definition) is 0. The van der Waals surface area contributed by atoms with Gasteiger partial charge in [-0.2, -0.15) is 0 Å². The molecule has 4 nitrogen and oxygen atoms in total. The molecule has 0 N–H and O–H groups in total. The van der Waals surface area contributed by atoms with E-state index in [0.29, 0.717) is 24.2 Å². The lowest BCUT2D eigenvalue weighted by Crippen LogP contribution is -2.54. The van der Waals surface area contributed by atoms with Crippen molar-refractivity contribution in [3.8, 4) is 0 Å². The lowest BCUT2D eigenvalue weighted by atomic mass is 10.1. The molecule has 142 valence electrons. The molecule has 4 heteroatoms. The molecule has 0 fully saturated rings. The number of nitrogens with zero attached hydrogens (tertiary/aromatic N) is 4. The first-order valence-electron chi connectivity index (χ1n) is 9.62. The Hall–Kier alpha value is -1.06. The molecule has 24 heavy (non-hydrogen) atoms. The predicted molar refractivity (Wildman–Crippen MR) is 109 cm³/mol. The van der Waals surface area contributed by atoms with E-state index in [-0.39, 0.29) is 12.1 Å². The maximum absolute atomic E-state index is 5.03. The van der Waals surface area contributed by atoms with E-state index in [9.17, 15) is 0 Å². The number of amidine groups is 2. The fourth-order valence-corrected chi connectivity index (χ4v) is 3.14. The van der Waals surface area contributed by atoms with Gasteiger partial charge in [0.05, 0.1) is 0 Å². The van der Waals surface area contributed by atoms with Crippen LogP contribution in [0.4, 0.5) is 0 Å². The Morgan fingerprint density at radius 1 is 0.458 bits per heavy atom. The summed E-state index contributed by atoms with van der Waals surface area (Å²) < 4.78 is 0. The molecule has 0 bridgehead atoms. The summed E-state index contributed by atoms with van der Waals surface area (Å²) in [6.45, 7) is 26.4. The molecule has 0 aliphatic rings. The van der Waals surface area contributed by atoms with Crippen molar-refractivity contribution in [2.75, 3.05) is 0 Å². The maximum Gasteiger partial charge on any atom is 0.167 e. The molecule has 0 spiro atoms. The zero-order valence-electron chi connectivity index (χ0n) is 18.3. The van der Waals surface area contributed by atoms with Gasteiger partial charge in [0.25, 0.3) is 0 Å². The Morgan fingerprint density at radius 3 is 0.792 bits per heavy atom. The zero-order chi connectivity index (χ0) is 19.2. The quantitative estimate of drug-likeness (QED) is 0.512. The molecule has 0 aliphatic heterocycles. The summed E-state index contributed by atoms with van der Waals surface area (Å²) in [5, 5.41) is 0. The summed E-state index contributed by atoms with van der Waals surface area (Å²) >= 11 is 0. The van der Waals surface area contributed by atoms with E-state index in [2.05, 4.69) is 92.9 Å². The molecule has 0 atom stereocenters. The van der Waals surface area contributed by atoms with Gasteiger partial charge >= 0.3 is 0 Å². The Bertz CT molecular complexity index is 361. The van der Waals surface area contributed by atoms with Crippen LogP contribution < -0.4 is 0 Å². The first kappa shape index (κ1) is 22.9. The van der Waals surface area contributed by atoms with E-state index < -0.39 is 0 Å². The van der Waals surface area contributed by atoms with Crippen LogP contribution in [0.25, 0.3) is 0 Å². The summed E-state index contributed by atoms with van der Waals surface area (Å²) in [5.74, 6) is 2.07. The first-order chi connectivity index (χ1) is 10.9. The molecule has 0 aliphatic carbocycles. The summed E-state index contributed by atoms with van der Waals surface area (Å²) in [6.07, 6.45) is 0. The Balaban J connectivity index is 6.41. The smallest absolute Gasteiger partial charge is 0.167 e. The van der Waals surface area contributed by atoms with Gasteiger partial charge in [0.2, 0.25) is 0 Å². The highest BCUT2D eigenvalue weighted by atomic mass is 15.3. The molecular weight excluding hydrogens is 296 g/mol. The topological polar surface area (TPSA) is 31.2 Å². The van der Waals surface area contributed by atoms with Gasteiger partial charge < -0.3 is 9.80 Å². The summed E-state index contributed by atoms with van der Waals surface area (Å²) in [7, 11) is 0. The van der Waals surface area contributed by atoms with Crippen LogP contribution in [-0.4, -0.2) is 57.7 Å². The first-order valence-corrected chi connectivity index (χ1v) is 9.62. The Kier molecular flexibility index (Phi) is 9.61. The molecular formula is C20H42N4. The zero-order valence-corrected chi connectivity index (χ0v) is 18.3. The van der Waals surface area contributed by atoms with Gasteiger partial charge in [-0.25, -0.2) is 0 Å². The lowest BCUT2D eigenvalue weighted by molar-refractivity contribution is 0.270. The number of rotatable bonds is 6. The van der Waals surface area contributed by atoms with E-state index in [0.717, 1.165) is 11.7 Å². The van der Waals surface area contributed by atoms with Crippen LogP contribution in [-0.2, 0) is 0 Å². The highest BCUT2D eigenvalue weighted by Gasteiger charge is 2.29. The molecule has 0 aromatic heterocycles. The normalized spacial score (nSPS) is 14.1. The molecule has 0 heterocycles. The fraction of sp³-hybridized carbons (Fsp3) is 0.900. The molecule has 0 saturated heterocycles. The molecule has 0 amide bonds. The van der Waals surface area contributed by atoms with E-state index in [4.69, 9.17) is 9.98 Å². The number of hydrogen-bond acceptors (Lipinski definition) is 2. The van der Waals surface area contributed by atoms with Crippen molar-refractivity contribution in [3.63, 3.8) is 0 Å². The van der Waals surface area contributed by atoms with Crippen molar-refractivity contribution in [3.05, 3.63) is 0 Å². The lowest BCUT2D eigenvalue weighted by Gasteiger charge is -2.41.